The van der Waals surface area contributed by atoms with Crippen molar-refractivity contribution in [2.75, 3.05) is 18.8 Å². The lowest BCUT2D eigenvalue weighted by molar-refractivity contribution is 0.122. The molecule has 4 rings (SSSR count). The quantitative estimate of drug-likeness (QED) is 0.540. The summed E-state index contributed by atoms with van der Waals surface area (Å²) in [5, 5.41) is 31.6. The molecule has 0 aliphatic carbocycles. The number of aromatic hydroxyl groups is 1. The number of nitrogen functional groups attached to an aromatic ring is 1. The fourth-order valence-electron chi connectivity index (χ4n) is 3.87. The molecule has 3 aromatic rings. The molecule has 4 N–H and O–H groups in total. The Morgan fingerprint density at radius 3 is 2.72 bits per heavy atom. The van der Waals surface area contributed by atoms with Gasteiger partial charge in [0.15, 0.2) is 5.82 Å². The smallest absolute Gasteiger partial charge is 0.407 e. The van der Waals surface area contributed by atoms with Gasteiger partial charge in [0.1, 0.15) is 5.75 Å². The first-order chi connectivity index (χ1) is 15.5. The number of para-hydroxylation sites is 1. The van der Waals surface area contributed by atoms with E-state index < -0.39 is 6.09 Å². The van der Waals surface area contributed by atoms with Crippen molar-refractivity contribution in [2.45, 2.75) is 25.8 Å². The van der Waals surface area contributed by atoms with E-state index in [-0.39, 0.29) is 5.75 Å². The van der Waals surface area contributed by atoms with Gasteiger partial charge < -0.3 is 20.8 Å². The Morgan fingerprint density at radius 2 is 1.97 bits per heavy atom. The summed E-state index contributed by atoms with van der Waals surface area (Å²) in [7, 11) is 0. The lowest BCUT2D eigenvalue weighted by Crippen LogP contribution is -2.37. The van der Waals surface area contributed by atoms with E-state index in [1.165, 1.54) is 4.90 Å². The summed E-state index contributed by atoms with van der Waals surface area (Å²) >= 11 is 0. The Kier molecular flexibility index (Phi) is 6.34. The molecule has 1 aromatic carbocycles. The number of likely N-dealkylation sites (tertiary alicyclic amines) is 1. The monoisotopic (exact) mass is 434 g/mol. The van der Waals surface area contributed by atoms with E-state index in [1.54, 1.807) is 30.5 Å². The predicted octanol–water partition coefficient (Wildman–Crippen LogP) is 3.58. The standard InChI is InChI=1S/C23H26N6O3/c24-22-18(13-20(26-27-22)19-3-1-2-4-21(19)30)6-5-17-14-25-29(15-17)12-9-16-7-10-28(11-8-16)23(31)32/h1-6,13-16,30H,7-12H2,(H2,24,27)(H,31,32)/b6-5+. The van der Waals surface area contributed by atoms with Crippen LogP contribution in [0.5, 0.6) is 5.75 Å². The molecule has 1 saturated heterocycles. The van der Waals surface area contributed by atoms with Crippen LogP contribution in [-0.4, -0.2) is 54.3 Å². The molecule has 1 amide bonds. The molecule has 0 saturated carbocycles. The summed E-state index contributed by atoms with van der Waals surface area (Å²) in [6.07, 6.45) is 9.47. The summed E-state index contributed by atoms with van der Waals surface area (Å²) in [6.45, 7) is 2.01. The maximum atomic E-state index is 11.0. The molecule has 1 aliphatic heterocycles. The minimum Gasteiger partial charge on any atom is -0.507 e. The van der Waals surface area contributed by atoms with Crippen LogP contribution in [0.4, 0.5) is 10.6 Å². The first-order valence-corrected chi connectivity index (χ1v) is 10.6. The maximum Gasteiger partial charge on any atom is 0.407 e. The van der Waals surface area contributed by atoms with Crippen molar-refractivity contribution in [3.63, 3.8) is 0 Å². The predicted molar refractivity (Wildman–Crippen MR) is 122 cm³/mol. The topological polar surface area (TPSA) is 130 Å². The second-order valence-electron chi connectivity index (χ2n) is 7.96. The zero-order chi connectivity index (χ0) is 22.5. The van der Waals surface area contributed by atoms with E-state index in [1.807, 2.05) is 29.1 Å². The van der Waals surface area contributed by atoms with Gasteiger partial charge in [-0.1, -0.05) is 24.3 Å². The Labute approximate surface area is 185 Å². The molecule has 3 heterocycles. The second kappa shape index (κ2) is 9.51. The van der Waals surface area contributed by atoms with Crippen molar-refractivity contribution in [2.24, 2.45) is 5.92 Å². The number of nitrogens with two attached hydrogens (primary N) is 1. The number of benzene rings is 1. The van der Waals surface area contributed by atoms with Crippen LogP contribution in [0.3, 0.4) is 0 Å². The number of carbonyl (C=O) groups is 1. The van der Waals surface area contributed by atoms with Crippen molar-refractivity contribution >= 4 is 24.1 Å². The number of hydrogen-bond acceptors (Lipinski definition) is 6. The van der Waals surface area contributed by atoms with Crippen molar-refractivity contribution in [1.82, 2.24) is 24.9 Å². The van der Waals surface area contributed by atoms with E-state index in [2.05, 4.69) is 15.3 Å². The number of carboxylic acid groups (broad SMARTS) is 1. The number of hydrogen-bond donors (Lipinski definition) is 3. The molecule has 0 unspecified atom stereocenters. The summed E-state index contributed by atoms with van der Waals surface area (Å²) in [5.41, 5.74) is 8.76. The third-order valence-corrected chi connectivity index (χ3v) is 5.79. The Bertz CT molecular complexity index is 1120. The molecule has 1 fully saturated rings. The van der Waals surface area contributed by atoms with E-state index in [0.29, 0.717) is 41.6 Å². The number of aromatic nitrogens is 4. The molecular weight excluding hydrogens is 408 g/mol. The molecule has 0 atom stereocenters. The van der Waals surface area contributed by atoms with Crippen LogP contribution < -0.4 is 5.73 Å². The van der Waals surface area contributed by atoms with Gasteiger partial charge in [-0.2, -0.15) is 5.10 Å². The molecule has 1 aliphatic rings. The average Bonchev–Trinajstić information content (AvgIpc) is 3.26. The number of rotatable bonds is 6. The van der Waals surface area contributed by atoms with Gasteiger partial charge in [-0.15, -0.1) is 10.2 Å². The van der Waals surface area contributed by atoms with Gasteiger partial charge >= 0.3 is 6.09 Å². The van der Waals surface area contributed by atoms with Crippen molar-refractivity contribution in [3.05, 3.63) is 53.9 Å². The average molecular weight is 435 g/mol. The van der Waals surface area contributed by atoms with Crippen LogP contribution in [0.1, 0.15) is 30.4 Å². The third-order valence-electron chi connectivity index (χ3n) is 5.79. The highest BCUT2D eigenvalue weighted by Crippen LogP contribution is 2.28. The molecule has 0 bridgehead atoms. The highest BCUT2D eigenvalue weighted by Gasteiger charge is 2.22. The van der Waals surface area contributed by atoms with Gasteiger partial charge in [0.05, 0.1) is 11.9 Å². The number of phenolic OH excluding ortho intramolecular Hbond substituents is 1. The number of aryl methyl sites for hydroxylation is 1. The van der Waals surface area contributed by atoms with Crippen LogP contribution in [0.25, 0.3) is 23.4 Å². The lowest BCUT2D eigenvalue weighted by Gasteiger charge is -2.29. The fraction of sp³-hybridized carbons (Fsp3) is 0.304. The summed E-state index contributed by atoms with van der Waals surface area (Å²) < 4.78 is 1.91. The van der Waals surface area contributed by atoms with Gasteiger partial charge in [0, 0.05) is 42.5 Å². The normalized spacial score (nSPS) is 14.8. The summed E-state index contributed by atoms with van der Waals surface area (Å²) in [4.78, 5) is 12.5. The van der Waals surface area contributed by atoms with E-state index >= 15 is 0 Å². The molecule has 0 radical (unpaired) electrons. The largest absolute Gasteiger partial charge is 0.507 e. The van der Waals surface area contributed by atoms with Crippen LogP contribution in [0.2, 0.25) is 0 Å². The van der Waals surface area contributed by atoms with Crippen molar-refractivity contribution in [3.8, 4) is 17.0 Å². The van der Waals surface area contributed by atoms with Crippen LogP contribution in [0.15, 0.2) is 42.7 Å². The Hall–Kier alpha value is -3.88. The van der Waals surface area contributed by atoms with Crippen LogP contribution in [0, 0.1) is 5.92 Å². The number of nitrogens with zero attached hydrogens (tertiary/aromatic N) is 5. The number of piperidine rings is 1. The van der Waals surface area contributed by atoms with E-state index in [4.69, 9.17) is 10.8 Å². The van der Waals surface area contributed by atoms with Gasteiger partial charge in [-0.3, -0.25) is 4.68 Å². The minimum atomic E-state index is -0.829. The van der Waals surface area contributed by atoms with Crippen LogP contribution >= 0.6 is 0 Å². The summed E-state index contributed by atoms with van der Waals surface area (Å²) in [6, 6.07) is 8.75. The number of amides is 1. The van der Waals surface area contributed by atoms with Gasteiger partial charge in [-0.25, -0.2) is 4.79 Å². The third kappa shape index (κ3) is 5.05. The van der Waals surface area contributed by atoms with Crippen LogP contribution in [-0.2, 0) is 6.54 Å². The molecular formula is C23H26N6O3. The highest BCUT2D eigenvalue weighted by molar-refractivity contribution is 5.77. The maximum absolute atomic E-state index is 11.0. The van der Waals surface area contributed by atoms with E-state index in [9.17, 15) is 9.90 Å². The second-order valence-corrected chi connectivity index (χ2v) is 7.96. The zero-order valence-corrected chi connectivity index (χ0v) is 17.6. The molecule has 32 heavy (non-hydrogen) atoms. The molecule has 9 nitrogen and oxygen atoms in total. The van der Waals surface area contributed by atoms with Crippen molar-refractivity contribution in [1.29, 1.82) is 0 Å². The highest BCUT2D eigenvalue weighted by atomic mass is 16.4. The lowest BCUT2D eigenvalue weighted by atomic mass is 9.94. The Balaban J connectivity index is 1.37. The molecule has 9 heteroatoms. The van der Waals surface area contributed by atoms with Gasteiger partial charge in [-0.05, 0) is 43.4 Å². The summed E-state index contributed by atoms with van der Waals surface area (Å²) in [5.74, 6) is 0.959. The first kappa shape index (κ1) is 21.4. The molecule has 0 spiro atoms. The zero-order valence-electron chi connectivity index (χ0n) is 17.6. The molecule has 2 aromatic heterocycles. The number of anilines is 1. The first-order valence-electron chi connectivity index (χ1n) is 10.6. The van der Waals surface area contributed by atoms with Gasteiger partial charge in [0.25, 0.3) is 0 Å². The van der Waals surface area contributed by atoms with E-state index in [0.717, 1.165) is 31.4 Å². The van der Waals surface area contributed by atoms with Gasteiger partial charge in [0.2, 0.25) is 0 Å². The fourth-order valence-corrected chi connectivity index (χ4v) is 3.87. The SMILES string of the molecule is Nc1nnc(-c2ccccc2O)cc1/C=C/c1cnn(CCC2CCN(C(=O)O)CC2)c1. The minimum absolute atomic E-state index is 0.136. The molecule has 166 valence electrons. The Morgan fingerprint density at radius 1 is 1.19 bits per heavy atom. The van der Waals surface area contributed by atoms with Crippen molar-refractivity contribution < 1.29 is 15.0 Å². The number of phenols is 1.